The zero-order valence-electron chi connectivity index (χ0n) is 10.4. The first kappa shape index (κ1) is 14.4. The molecule has 0 aromatic heterocycles. The number of nitro groups is 1. The second-order valence-corrected chi connectivity index (χ2v) is 4.02. The van der Waals surface area contributed by atoms with Crippen molar-refractivity contribution in [3.63, 3.8) is 0 Å². The molecule has 0 radical (unpaired) electrons. The molecular formula is C12H18N2O4. The molecule has 0 amide bonds. The molecule has 1 aromatic rings. The van der Waals surface area contributed by atoms with E-state index >= 15 is 0 Å². The van der Waals surface area contributed by atoms with Crippen molar-refractivity contribution in [2.24, 2.45) is 0 Å². The van der Waals surface area contributed by atoms with E-state index in [4.69, 9.17) is 10.2 Å². The van der Waals surface area contributed by atoms with E-state index in [9.17, 15) is 10.1 Å². The zero-order valence-corrected chi connectivity index (χ0v) is 10.4. The van der Waals surface area contributed by atoms with E-state index in [1.165, 1.54) is 6.07 Å². The number of nitrogens with zero attached hydrogens (tertiary/aromatic N) is 2. The van der Waals surface area contributed by atoms with Crippen LogP contribution in [0.3, 0.4) is 0 Å². The molecule has 100 valence electrons. The Morgan fingerprint density at radius 3 is 2.50 bits per heavy atom. The molecule has 0 spiro atoms. The topological polar surface area (TPSA) is 86.8 Å². The Morgan fingerprint density at radius 1 is 1.28 bits per heavy atom. The molecule has 0 heterocycles. The minimum Gasteiger partial charge on any atom is -0.396 e. The molecule has 0 bridgehead atoms. The molecule has 2 N–H and O–H groups in total. The first-order chi connectivity index (χ1) is 8.60. The molecule has 0 aliphatic carbocycles. The monoisotopic (exact) mass is 254 g/mol. The second-order valence-electron chi connectivity index (χ2n) is 4.02. The number of aliphatic hydroxyl groups excluding tert-OH is 2. The first-order valence-corrected chi connectivity index (χ1v) is 5.82. The van der Waals surface area contributed by atoms with Crippen molar-refractivity contribution in [3.05, 3.63) is 33.9 Å². The maximum absolute atomic E-state index is 10.7. The summed E-state index contributed by atoms with van der Waals surface area (Å²) >= 11 is 0. The van der Waals surface area contributed by atoms with Gasteiger partial charge in [0.15, 0.2) is 0 Å². The predicted octanol–water partition coefficient (Wildman–Crippen LogP) is 1.08. The highest BCUT2D eigenvalue weighted by Gasteiger charge is 2.13. The van der Waals surface area contributed by atoms with Crippen LogP contribution in [0, 0.1) is 17.0 Å². The molecule has 1 rings (SSSR count). The van der Waals surface area contributed by atoms with Gasteiger partial charge in [0.1, 0.15) is 0 Å². The van der Waals surface area contributed by atoms with Crippen LogP contribution < -0.4 is 4.90 Å². The lowest BCUT2D eigenvalue weighted by atomic mass is 10.1. The number of benzene rings is 1. The number of anilines is 1. The van der Waals surface area contributed by atoms with Gasteiger partial charge in [0.2, 0.25) is 0 Å². The number of rotatable bonds is 7. The Labute approximate surface area is 106 Å². The van der Waals surface area contributed by atoms with Gasteiger partial charge in [-0.05, 0) is 25.5 Å². The van der Waals surface area contributed by atoms with Gasteiger partial charge in [-0.1, -0.05) is 0 Å². The highest BCUT2D eigenvalue weighted by molar-refractivity contribution is 5.55. The van der Waals surface area contributed by atoms with Crippen LogP contribution in [0.25, 0.3) is 0 Å². The zero-order chi connectivity index (χ0) is 13.5. The smallest absolute Gasteiger partial charge is 0.272 e. The van der Waals surface area contributed by atoms with Crippen LogP contribution in [0.4, 0.5) is 11.4 Å². The molecule has 0 aliphatic rings. The number of aliphatic hydroxyl groups is 2. The molecule has 1 aromatic carbocycles. The van der Waals surface area contributed by atoms with E-state index in [-0.39, 0.29) is 18.9 Å². The van der Waals surface area contributed by atoms with Crippen molar-refractivity contribution in [1.82, 2.24) is 0 Å². The SMILES string of the molecule is Cc1cc(N(CCO)CCCO)ccc1[N+](=O)[O-]. The molecular weight excluding hydrogens is 236 g/mol. The summed E-state index contributed by atoms with van der Waals surface area (Å²) in [5.41, 5.74) is 1.50. The minimum absolute atomic E-state index is 0.00145. The number of hydrogen-bond acceptors (Lipinski definition) is 5. The molecule has 18 heavy (non-hydrogen) atoms. The van der Waals surface area contributed by atoms with Gasteiger partial charge < -0.3 is 15.1 Å². The van der Waals surface area contributed by atoms with Crippen molar-refractivity contribution in [2.75, 3.05) is 31.2 Å². The fourth-order valence-corrected chi connectivity index (χ4v) is 1.79. The van der Waals surface area contributed by atoms with E-state index in [2.05, 4.69) is 0 Å². The van der Waals surface area contributed by atoms with Crippen LogP contribution in [0.1, 0.15) is 12.0 Å². The van der Waals surface area contributed by atoms with Crippen molar-refractivity contribution in [2.45, 2.75) is 13.3 Å². The van der Waals surface area contributed by atoms with E-state index in [1.54, 1.807) is 19.1 Å². The van der Waals surface area contributed by atoms with Gasteiger partial charge in [0, 0.05) is 37.0 Å². The lowest BCUT2D eigenvalue weighted by Crippen LogP contribution is -2.28. The summed E-state index contributed by atoms with van der Waals surface area (Å²) in [5, 5.41) is 28.5. The van der Waals surface area contributed by atoms with E-state index < -0.39 is 4.92 Å². The normalized spacial score (nSPS) is 10.4. The number of nitro benzene ring substituents is 1. The molecule has 6 heteroatoms. The van der Waals surface area contributed by atoms with Crippen molar-refractivity contribution >= 4 is 11.4 Å². The first-order valence-electron chi connectivity index (χ1n) is 5.82. The lowest BCUT2D eigenvalue weighted by molar-refractivity contribution is -0.385. The maximum atomic E-state index is 10.7. The fraction of sp³-hybridized carbons (Fsp3) is 0.500. The van der Waals surface area contributed by atoms with Gasteiger partial charge in [-0.15, -0.1) is 0 Å². The van der Waals surface area contributed by atoms with Gasteiger partial charge in [0.25, 0.3) is 5.69 Å². The average molecular weight is 254 g/mol. The van der Waals surface area contributed by atoms with Gasteiger partial charge in [0.05, 0.1) is 11.5 Å². The molecule has 0 aliphatic heterocycles. The third kappa shape index (κ3) is 3.68. The van der Waals surface area contributed by atoms with Crippen molar-refractivity contribution in [3.8, 4) is 0 Å². The molecule has 6 nitrogen and oxygen atoms in total. The van der Waals surface area contributed by atoms with Crippen LogP contribution in [0.15, 0.2) is 18.2 Å². The molecule has 0 saturated heterocycles. The van der Waals surface area contributed by atoms with Crippen LogP contribution >= 0.6 is 0 Å². The van der Waals surface area contributed by atoms with Crippen molar-refractivity contribution in [1.29, 1.82) is 0 Å². The Balaban J connectivity index is 2.91. The van der Waals surface area contributed by atoms with E-state index in [0.29, 0.717) is 25.1 Å². The largest absolute Gasteiger partial charge is 0.396 e. The molecule has 0 unspecified atom stereocenters. The summed E-state index contributed by atoms with van der Waals surface area (Å²) in [6.45, 7) is 2.81. The summed E-state index contributed by atoms with van der Waals surface area (Å²) in [6, 6.07) is 4.86. The molecule has 0 saturated carbocycles. The summed E-state index contributed by atoms with van der Waals surface area (Å²) in [5.74, 6) is 0. The Kier molecular flexibility index (Phi) is 5.54. The third-order valence-electron chi connectivity index (χ3n) is 2.70. The van der Waals surface area contributed by atoms with E-state index in [0.717, 1.165) is 5.69 Å². The van der Waals surface area contributed by atoms with Crippen LogP contribution in [-0.4, -0.2) is 41.4 Å². The van der Waals surface area contributed by atoms with Gasteiger partial charge in [-0.3, -0.25) is 10.1 Å². The summed E-state index contributed by atoms with van der Waals surface area (Å²) in [6.07, 6.45) is 0.593. The standard InChI is InChI=1S/C12H18N2O4/c1-10-9-11(3-4-12(10)14(17)18)13(6-8-16)5-2-7-15/h3-4,9,15-16H,2,5-8H2,1H3. The van der Waals surface area contributed by atoms with E-state index in [1.807, 2.05) is 4.90 Å². The number of hydrogen-bond donors (Lipinski definition) is 2. The highest BCUT2D eigenvalue weighted by atomic mass is 16.6. The molecule has 0 atom stereocenters. The summed E-state index contributed by atoms with van der Waals surface area (Å²) < 4.78 is 0. The van der Waals surface area contributed by atoms with Gasteiger partial charge >= 0.3 is 0 Å². The number of aryl methyl sites for hydroxylation is 1. The predicted molar refractivity (Wildman–Crippen MR) is 68.8 cm³/mol. The van der Waals surface area contributed by atoms with Gasteiger partial charge in [-0.2, -0.15) is 0 Å². The van der Waals surface area contributed by atoms with Crippen LogP contribution in [0.5, 0.6) is 0 Å². The maximum Gasteiger partial charge on any atom is 0.272 e. The Bertz CT molecular complexity index is 409. The summed E-state index contributed by atoms with van der Waals surface area (Å²) in [7, 11) is 0. The highest BCUT2D eigenvalue weighted by Crippen LogP contribution is 2.24. The lowest BCUT2D eigenvalue weighted by Gasteiger charge is -2.23. The third-order valence-corrected chi connectivity index (χ3v) is 2.70. The van der Waals surface area contributed by atoms with Crippen LogP contribution in [0.2, 0.25) is 0 Å². The summed E-state index contributed by atoms with van der Waals surface area (Å²) in [4.78, 5) is 12.2. The van der Waals surface area contributed by atoms with Gasteiger partial charge in [-0.25, -0.2) is 0 Å². The Hall–Kier alpha value is -1.66. The van der Waals surface area contributed by atoms with Crippen LogP contribution in [-0.2, 0) is 0 Å². The fourth-order valence-electron chi connectivity index (χ4n) is 1.79. The second kappa shape index (κ2) is 6.93. The Morgan fingerprint density at radius 2 is 2.00 bits per heavy atom. The minimum atomic E-state index is -0.413. The average Bonchev–Trinajstić information content (AvgIpc) is 2.33. The molecule has 0 fully saturated rings. The van der Waals surface area contributed by atoms with Crippen molar-refractivity contribution < 1.29 is 15.1 Å². The quantitative estimate of drug-likeness (QED) is 0.561.